The molecule has 0 bridgehead atoms. The van der Waals surface area contributed by atoms with Crippen molar-refractivity contribution in [2.24, 2.45) is 10.8 Å². The van der Waals surface area contributed by atoms with Gasteiger partial charge >= 0.3 is 0 Å². The quantitative estimate of drug-likeness (QED) is 0.128. The van der Waals surface area contributed by atoms with E-state index in [1.165, 1.54) is 44.8 Å². The Bertz CT molecular complexity index is 3640. The van der Waals surface area contributed by atoms with Crippen molar-refractivity contribution in [3.05, 3.63) is 234 Å². The number of aromatic nitrogens is 2. The van der Waals surface area contributed by atoms with Gasteiger partial charge in [-0.3, -0.25) is 0 Å². The van der Waals surface area contributed by atoms with Gasteiger partial charge in [0.1, 0.15) is 5.82 Å². The number of nitrogens with zero attached hydrogens (tertiary/aromatic N) is 4. The minimum atomic E-state index is -0.273. The van der Waals surface area contributed by atoms with Crippen molar-refractivity contribution in [1.82, 2.24) is 9.55 Å². The summed E-state index contributed by atoms with van der Waals surface area (Å²) in [4.78, 5) is 9.93. The monoisotopic (exact) mass is 1210 g/mol. The van der Waals surface area contributed by atoms with E-state index in [4.69, 9.17) is 9.72 Å². The van der Waals surface area contributed by atoms with E-state index >= 15 is 0 Å². The van der Waals surface area contributed by atoms with Crippen molar-refractivity contribution < 1.29 is 25.8 Å². The summed E-state index contributed by atoms with van der Waals surface area (Å²) >= 11 is 0. The van der Waals surface area contributed by atoms with E-state index in [0.717, 1.165) is 50.1 Å². The van der Waals surface area contributed by atoms with Gasteiger partial charge in [-0.1, -0.05) is 225 Å². The van der Waals surface area contributed by atoms with Crippen molar-refractivity contribution in [1.29, 1.82) is 0 Å². The largest absolute Gasteiger partial charge is 0.509 e. The summed E-state index contributed by atoms with van der Waals surface area (Å²) in [5, 5.41) is 2.20. The van der Waals surface area contributed by atoms with Crippen molar-refractivity contribution in [2.75, 3.05) is 9.80 Å². The molecule has 9 aromatic rings. The summed E-state index contributed by atoms with van der Waals surface area (Å²) in [6, 6.07) is 66.9. The Morgan fingerprint density at radius 3 is 1.51 bits per heavy atom. The first kappa shape index (κ1) is 56.1. The van der Waals surface area contributed by atoms with Gasteiger partial charge in [-0.15, -0.1) is 53.6 Å². The summed E-state index contributed by atoms with van der Waals surface area (Å²) in [5.74, 6) is 2.00. The van der Waals surface area contributed by atoms with Crippen molar-refractivity contribution in [2.45, 2.75) is 132 Å². The second-order valence-corrected chi connectivity index (χ2v) is 26.4. The summed E-state index contributed by atoms with van der Waals surface area (Å²) in [7, 11) is 0. The smallest absolute Gasteiger partial charge is 0.135 e. The third kappa shape index (κ3) is 10.8. The van der Waals surface area contributed by atoms with Gasteiger partial charge in [-0.2, -0.15) is 6.07 Å². The van der Waals surface area contributed by atoms with E-state index in [1.54, 1.807) is 0 Å². The minimum absolute atomic E-state index is 0. The number of benzene rings is 7. The first-order valence-corrected chi connectivity index (χ1v) is 27.4. The van der Waals surface area contributed by atoms with Crippen LogP contribution < -0.4 is 14.5 Å². The number of pyridine rings is 1. The zero-order valence-electron chi connectivity index (χ0n) is 48.8. The molecular formula is C72H77N4OPt-3. The maximum absolute atomic E-state index is 7.13. The van der Waals surface area contributed by atoms with Crippen molar-refractivity contribution in [3.8, 4) is 28.4 Å². The second-order valence-electron chi connectivity index (χ2n) is 26.4. The predicted molar refractivity (Wildman–Crippen MR) is 324 cm³/mol. The van der Waals surface area contributed by atoms with Crippen molar-refractivity contribution in [3.63, 3.8) is 0 Å². The van der Waals surface area contributed by atoms with Crippen LogP contribution in [0, 0.1) is 29.6 Å². The molecule has 3 heterocycles. The molecule has 0 amide bonds. The summed E-state index contributed by atoms with van der Waals surface area (Å²) in [5.41, 5.74) is 15.0. The molecule has 0 fully saturated rings. The van der Waals surface area contributed by atoms with Crippen LogP contribution in [0.2, 0.25) is 0 Å². The van der Waals surface area contributed by atoms with Crippen LogP contribution in [0.3, 0.4) is 0 Å². The fourth-order valence-corrected chi connectivity index (χ4v) is 11.1. The summed E-state index contributed by atoms with van der Waals surface area (Å²) in [6.07, 6.45) is 1.94. The van der Waals surface area contributed by atoms with Gasteiger partial charge in [0.2, 0.25) is 0 Å². The molecule has 1 aliphatic heterocycles. The van der Waals surface area contributed by atoms with Crippen LogP contribution in [0.25, 0.3) is 38.8 Å². The molecule has 6 heteroatoms. The van der Waals surface area contributed by atoms with Gasteiger partial charge in [-0.05, 0) is 85.5 Å². The number of ether oxygens (including phenoxy) is 1. The fourth-order valence-electron chi connectivity index (χ4n) is 11.1. The molecule has 78 heavy (non-hydrogen) atoms. The molecule has 5 nitrogen and oxygen atoms in total. The molecule has 2 aromatic heterocycles. The maximum Gasteiger partial charge on any atom is 0.135 e. The molecule has 0 radical (unpaired) electrons. The van der Waals surface area contributed by atoms with Gasteiger partial charge in [0.15, 0.2) is 0 Å². The second kappa shape index (κ2) is 20.5. The number of hydrogen-bond acceptors (Lipinski definition) is 4. The predicted octanol–water partition coefficient (Wildman–Crippen LogP) is 19.2. The molecule has 1 aliphatic rings. The first-order valence-electron chi connectivity index (χ1n) is 27.4. The van der Waals surface area contributed by atoms with E-state index in [2.05, 4.69) is 308 Å². The number of allylic oxidation sites excluding steroid dienone is 2. The summed E-state index contributed by atoms with van der Waals surface area (Å²) < 4.78 is 9.39. The van der Waals surface area contributed by atoms with Gasteiger partial charge in [-0.25, -0.2) is 4.98 Å². The Labute approximate surface area is 480 Å². The van der Waals surface area contributed by atoms with Crippen LogP contribution in [0.1, 0.15) is 144 Å². The average Bonchev–Trinajstić information content (AvgIpc) is 4.22. The number of hydrogen-bond donors (Lipinski definition) is 0. The standard InChI is InChI=1S/C72H77N4O.Pt/c1-67(2,3)54-40-55(68(4,5)6)42-57(41-54)75-47-74(65(69(7,8)9)66(75)70(10,11)12)56-38-49(48-26-20-17-21-27-48)39-59(45-56)77-58-33-34-60-61-43-52(71(13,14)50-28-22-18-23-29-50)32-35-62(61)76(63(60)46-58)64-44-53(36-37-73-64)72(15,16)51-30-24-19-25-31-51;/h17-44,47H,1-16H3;/q-3;. The van der Waals surface area contributed by atoms with E-state index < -0.39 is 0 Å². The SMILES string of the molecule is CC(C)(C)C1=C(C(C)(C)C)N(c2cc(C(C)(C)C)cc(C(C)(C)C)c2)[CH-]N1c1[c-]c(Oc2[c-]c3c(cc2)c2cc(C(C)(C)c4ccccc4)ccc2n3-c2cc(C(C)(C)c3ccccc3)ccn2)cc(-c2ccccc2)c1.[Pt]. The van der Waals surface area contributed by atoms with Gasteiger partial charge in [0, 0.05) is 83.0 Å². The number of anilines is 2. The molecule has 7 aromatic carbocycles. The van der Waals surface area contributed by atoms with Gasteiger partial charge < -0.3 is 19.1 Å². The van der Waals surface area contributed by atoms with Crippen LogP contribution >= 0.6 is 0 Å². The van der Waals surface area contributed by atoms with Gasteiger partial charge in [0.05, 0.1) is 0 Å². The average molecular weight is 1210 g/mol. The first-order chi connectivity index (χ1) is 36.2. The zero-order valence-corrected chi connectivity index (χ0v) is 51.0. The van der Waals surface area contributed by atoms with E-state index in [9.17, 15) is 0 Å². The Hall–Kier alpha value is -6.68. The summed E-state index contributed by atoms with van der Waals surface area (Å²) in [6.45, 7) is 39.3. The molecule has 0 atom stereocenters. The Morgan fingerprint density at radius 2 is 0.962 bits per heavy atom. The minimum Gasteiger partial charge on any atom is -0.509 e. The van der Waals surface area contributed by atoms with Crippen LogP contribution in [-0.4, -0.2) is 9.55 Å². The Kier molecular flexibility index (Phi) is 14.7. The van der Waals surface area contributed by atoms with Crippen LogP contribution in [0.15, 0.2) is 181 Å². The van der Waals surface area contributed by atoms with Crippen LogP contribution in [0.5, 0.6) is 11.5 Å². The van der Waals surface area contributed by atoms with Crippen LogP contribution in [-0.2, 0) is 42.7 Å². The third-order valence-electron chi connectivity index (χ3n) is 15.8. The van der Waals surface area contributed by atoms with E-state index in [1.807, 2.05) is 6.20 Å². The number of fused-ring (bicyclic) bond motifs is 3. The molecule has 0 spiro atoms. The number of rotatable bonds is 10. The molecule has 0 aliphatic carbocycles. The Morgan fingerprint density at radius 1 is 0.423 bits per heavy atom. The molecule has 0 saturated carbocycles. The normalized spacial score (nSPS) is 13.9. The molecule has 10 rings (SSSR count). The molecule has 0 N–H and O–H groups in total. The van der Waals surface area contributed by atoms with Crippen molar-refractivity contribution >= 4 is 33.2 Å². The fraction of sp³-hybridized carbons (Fsp3) is 0.306. The maximum atomic E-state index is 7.13. The van der Waals surface area contributed by atoms with E-state index in [0.29, 0.717) is 11.5 Å². The van der Waals surface area contributed by atoms with Gasteiger partial charge in [0.25, 0.3) is 0 Å². The van der Waals surface area contributed by atoms with E-state index in [-0.39, 0.29) is 53.6 Å². The Balaban J connectivity index is 0.00000740. The molecule has 404 valence electrons. The molecule has 0 saturated heterocycles. The third-order valence-corrected chi connectivity index (χ3v) is 15.8. The molecule has 0 unspecified atom stereocenters. The zero-order chi connectivity index (χ0) is 55.0. The van der Waals surface area contributed by atoms with Crippen LogP contribution in [0.4, 0.5) is 11.4 Å². The topological polar surface area (TPSA) is 33.5 Å². The molecular weight excluding hydrogens is 1130 g/mol.